The minimum absolute atomic E-state index is 0.478. The van der Waals surface area contributed by atoms with Crippen molar-refractivity contribution in [2.75, 3.05) is 12.0 Å². The van der Waals surface area contributed by atoms with Crippen molar-refractivity contribution < 1.29 is 4.74 Å². The Balaban J connectivity index is 1.83. The normalized spacial score (nSPS) is 10.0. The molecule has 17 heavy (non-hydrogen) atoms. The van der Waals surface area contributed by atoms with Gasteiger partial charge in [-0.25, -0.2) is 0 Å². The minimum Gasteiger partial charge on any atom is -0.473 e. The maximum Gasteiger partial charge on any atom is 0.159 e. The van der Waals surface area contributed by atoms with Gasteiger partial charge in [-0.1, -0.05) is 35.4 Å². The van der Waals surface area contributed by atoms with E-state index in [2.05, 4.69) is 31.3 Å². The van der Waals surface area contributed by atoms with Crippen LogP contribution in [0.25, 0.3) is 0 Å². The lowest BCUT2D eigenvalue weighted by molar-refractivity contribution is 0.347. The summed E-state index contributed by atoms with van der Waals surface area (Å²) in [5.41, 5.74) is 3.57. The van der Waals surface area contributed by atoms with Crippen LogP contribution in [0.4, 0.5) is 5.69 Å². The Morgan fingerprint density at radius 2 is 1.35 bits per heavy atom. The van der Waals surface area contributed by atoms with Crippen LogP contribution in [0, 0.1) is 13.8 Å². The Kier molecular flexibility index (Phi) is 3.66. The van der Waals surface area contributed by atoms with Gasteiger partial charge in [0.05, 0.1) is 0 Å². The van der Waals surface area contributed by atoms with Gasteiger partial charge >= 0.3 is 0 Å². The molecule has 0 heterocycles. The van der Waals surface area contributed by atoms with Gasteiger partial charge in [0.1, 0.15) is 5.75 Å². The van der Waals surface area contributed by atoms with Crippen molar-refractivity contribution >= 4 is 5.69 Å². The highest BCUT2D eigenvalue weighted by atomic mass is 16.5. The number of hydrogen-bond acceptors (Lipinski definition) is 2. The van der Waals surface area contributed by atoms with Gasteiger partial charge in [-0.2, -0.15) is 0 Å². The quantitative estimate of drug-likeness (QED) is 0.803. The van der Waals surface area contributed by atoms with Gasteiger partial charge in [-0.15, -0.1) is 0 Å². The van der Waals surface area contributed by atoms with Crippen molar-refractivity contribution in [2.24, 2.45) is 0 Å². The average molecular weight is 227 g/mol. The zero-order valence-corrected chi connectivity index (χ0v) is 10.2. The summed E-state index contributed by atoms with van der Waals surface area (Å²) in [6.45, 7) is 4.62. The molecule has 0 aromatic heterocycles. The molecule has 0 aliphatic heterocycles. The number of anilines is 1. The van der Waals surface area contributed by atoms with Gasteiger partial charge in [0.25, 0.3) is 0 Å². The predicted octanol–water partition coefficient (Wildman–Crippen LogP) is 3.75. The number of hydrogen-bond donors (Lipinski definition) is 1. The van der Waals surface area contributed by atoms with Crippen LogP contribution in [0.1, 0.15) is 11.1 Å². The van der Waals surface area contributed by atoms with E-state index in [0.29, 0.717) is 6.73 Å². The molecule has 0 aliphatic carbocycles. The monoisotopic (exact) mass is 227 g/mol. The largest absolute Gasteiger partial charge is 0.473 e. The summed E-state index contributed by atoms with van der Waals surface area (Å²) in [6.07, 6.45) is 0. The molecular weight excluding hydrogens is 210 g/mol. The van der Waals surface area contributed by atoms with E-state index >= 15 is 0 Å². The summed E-state index contributed by atoms with van der Waals surface area (Å²) in [6, 6.07) is 16.3. The van der Waals surface area contributed by atoms with Crippen LogP contribution in [0.5, 0.6) is 5.75 Å². The summed E-state index contributed by atoms with van der Waals surface area (Å²) in [7, 11) is 0. The van der Waals surface area contributed by atoms with Gasteiger partial charge in [-0.05, 0) is 38.1 Å². The molecule has 2 heteroatoms. The van der Waals surface area contributed by atoms with Crippen LogP contribution >= 0.6 is 0 Å². The second-order valence-electron chi connectivity index (χ2n) is 4.14. The van der Waals surface area contributed by atoms with Gasteiger partial charge in [0.15, 0.2) is 6.73 Å². The van der Waals surface area contributed by atoms with Crippen molar-refractivity contribution in [2.45, 2.75) is 13.8 Å². The molecule has 0 fully saturated rings. The molecule has 0 spiro atoms. The molecule has 0 bridgehead atoms. The van der Waals surface area contributed by atoms with Gasteiger partial charge in [0.2, 0.25) is 0 Å². The van der Waals surface area contributed by atoms with Crippen LogP contribution in [-0.4, -0.2) is 6.73 Å². The van der Waals surface area contributed by atoms with Crippen molar-refractivity contribution in [3.05, 3.63) is 59.7 Å². The first-order valence-electron chi connectivity index (χ1n) is 5.74. The van der Waals surface area contributed by atoms with E-state index in [-0.39, 0.29) is 0 Å². The Morgan fingerprint density at radius 3 is 1.94 bits per heavy atom. The number of benzene rings is 2. The van der Waals surface area contributed by atoms with Crippen molar-refractivity contribution in [3.8, 4) is 5.75 Å². The van der Waals surface area contributed by atoms with Crippen LogP contribution in [0.15, 0.2) is 48.5 Å². The smallest absolute Gasteiger partial charge is 0.159 e. The Bertz CT molecular complexity index is 414. The molecule has 0 saturated heterocycles. The molecule has 0 saturated carbocycles. The Labute approximate surface area is 102 Å². The average Bonchev–Trinajstić information content (AvgIpc) is 2.34. The third-order valence-electron chi connectivity index (χ3n) is 2.59. The third-order valence-corrected chi connectivity index (χ3v) is 2.59. The van der Waals surface area contributed by atoms with E-state index in [1.165, 1.54) is 11.1 Å². The fourth-order valence-corrected chi connectivity index (χ4v) is 1.51. The maximum absolute atomic E-state index is 5.58. The summed E-state index contributed by atoms with van der Waals surface area (Å²) >= 11 is 0. The molecular formula is C15H17NO. The Morgan fingerprint density at radius 1 is 0.824 bits per heavy atom. The van der Waals surface area contributed by atoms with Gasteiger partial charge in [-0.3, -0.25) is 0 Å². The number of rotatable bonds is 4. The lowest BCUT2D eigenvalue weighted by Gasteiger charge is -2.09. The van der Waals surface area contributed by atoms with E-state index in [1.807, 2.05) is 36.4 Å². The van der Waals surface area contributed by atoms with Crippen molar-refractivity contribution in [1.82, 2.24) is 0 Å². The standard InChI is InChI=1S/C15H17NO/c1-12-3-7-14(8-4-12)16-11-17-15-9-5-13(2)6-10-15/h3-10,16H,11H2,1-2H3. The first kappa shape index (κ1) is 11.5. The fourth-order valence-electron chi connectivity index (χ4n) is 1.51. The predicted molar refractivity (Wildman–Crippen MR) is 71.5 cm³/mol. The lowest BCUT2D eigenvalue weighted by Crippen LogP contribution is -2.08. The molecule has 2 nitrogen and oxygen atoms in total. The number of aryl methyl sites for hydroxylation is 2. The highest BCUT2D eigenvalue weighted by Crippen LogP contribution is 2.12. The molecule has 2 aromatic rings. The summed E-state index contributed by atoms with van der Waals surface area (Å²) in [4.78, 5) is 0. The van der Waals surface area contributed by atoms with Crippen LogP contribution in [0.2, 0.25) is 0 Å². The molecule has 0 amide bonds. The molecule has 2 aromatic carbocycles. The molecule has 0 atom stereocenters. The molecule has 0 aliphatic rings. The maximum atomic E-state index is 5.58. The van der Waals surface area contributed by atoms with E-state index in [4.69, 9.17) is 4.74 Å². The first-order valence-corrected chi connectivity index (χ1v) is 5.74. The number of ether oxygens (including phenoxy) is 1. The number of nitrogens with one attached hydrogen (secondary N) is 1. The van der Waals surface area contributed by atoms with Crippen LogP contribution in [-0.2, 0) is 0 Å². The zero-order chi connectivity index (χ0) is 12.1. The van der Waals surface area contributed by atoms with E-state index in [0.717, 1.165) is 11.4 Å². The van der Waals surface area contributed by atoms with E-state index in [9.17, 15) is 0 Å². The second-order valence-corrected chi connectivity index (χ2v) is 4.14. The second kappa shape index (κ2) is 5.39. The highest BCUT2D eigenvalue weighted by Gasteiger charge is 1.93. The summed E-state index contributed by atoms with van der Waals surface area (Å²) in [5.74, 6) is 0.884. The van der Waals surface area contributed by atoms with Gasteiger partial charge in [0, 0.05) is 5.69 Å². The van der Waals surface area contributed by atoms with Crippen molar-refractivity contribution in [3.63, 3.8) is 0 Å². The zero-order valence-electron chi connectivity index (χ0n) is 10.2. The first-order chi connectivity index (χ1) is 8.24. The molecule has 0 unspecified atom stereocenters. The molecule has 1 N–H and O–H groups in total. The fraction of sp³-hybridized carbons (Fsp3) is 0.200. The molecule has 0 radical (unpaired) electrons. The Hall–Kier alpha value is -1.96. The molecule has 88 valence electrons. The van der Waals surface area contributed by atoms with E-state index in [1.54, 1.807) is 0 Å². The highest BCUT2D eigenvalue weighted by molar-refractivity contribution is 5.44. The van der Waals surface area contributed by atoms with Gasteiger partial charge < -0.3 is 10.1 Å². The van der Waals surface area contributed by atoms with Crippen LogP contribution < -0.4 is 10.1 Å². The van der Waals surface area contributed by atoms with E-state index < -0.39 is 0 Å². The molecule has 2 rings (SSSR count). The third kappa shape index (κ3) is 3.52. The SMILES string of the molecule is Cc1ccc(NCOc2ccc(C)cc2)cc1. The minimum atomic E-state index is 0.478. The topological polar surface area (TPSA) is 21.3 Å². The summed E-state index contributed by atoms with van der Waals surface area (Å²) < 4.78 is 5.58. The van der Waals surface area contributed by atoms with Crippen LogP contribution in [0.3, 0.4) is 0 Å². The lowest BCUT2D eigenvalue weighted by atomic mass is 10.2. The summed E-state index contributed by atoms with van der Waals surface area (Å²) in [5, 5.41) is 3.21. The van der Waals surface area contributed by atoms with Crippen molar-refractivity contribution in [1.29, 1.82) is 0 Å².